The Morgan fingerprint density at radius 1 is 1.09 bits per heavy atom. The molecule has 0 unspecified atom stereocenters. The van der Waals surface area contributed by atoms with Crippen molar-refractivity contribution in [2.24, 2.45) is 0 Å². The molecule has 0 aliphatic heterocycles. The van der Waals surface area contributed by atoms with Crippen LogP contribution >= 0.6 is 7.81 Å². The molecule has 0 heterocycles. The van der Waals surface area contributed by atoms with E-state index in [0.29, 0.717) is 0 Å². The fourth-order valence-corrected chi connectivity index (χ4v) is 0. The normalized spacial score (nSPS) is 15.8. The van der Waals surface area contributed by atoms with Crippen LogP contribution in [0.3, 0.4) is 0 Å². The molecule has 11 heavy (non-hydrogen) atoms. The van der Waals surface area contributed by atoms with E-state index in [4.69, 9.17) is 0 Å². The van der Waals surface area contributed by atoms with E-state index in [-0.39, 0.29) is 17.9 Å². The van der Waals surface area contributed by atoms with Gasteiger partial charge in [-0.05, 0) is 0 Å². The van der Waals surface area contributed by atoms with Gasteiger partial charge in [0, 0.05) is 16.5 Å². The van der Waals surface area contributed by atoms with Gasteiger partial charge in [0.25, 0.3) is 0 Å². The number of hydrogen-bond acceptors (Lipinski definition) is 0. The van der Waals surface area contributed by atoms with E-state index in [1.165, 1.54) is 6.08 Å². The fourth-order valence-electron chi connectivity index (χ4n) is 0. The summed E-state index contributed by atoms with van der Waals surface area (Å²) in [5.41, 5.74) is 0. The Hall–Kier alpha value is 0.114. The first kappa shape index (κ1) is 17.3. The number of hydrogen-bond donors (Lipinski definition) is 0. The van der Waals surface area contributed by atoms with E-state index in [1.54, 1.807) is 0 Å². The smallest absolute Gasteiger partial charge is 0 e. The molecule has 8 heteroatoms. The molecule has 0 saturated heterocycles. The second-order valence-electron chi connectivity index (χ2n) is 1.25. The monoisotopic (exact) mass is 245 g/mol. The summed E-state index contributed by atoms with van der Waals surface area (Å²) >= 11 is 0. The summed E-state index contributed by atoms with van der Waals surface area (Å²) in [6.45, 7) is 6.50. The molecular weight excluding hydrogens is 240 g/mol. The van der Waals surface area contributed by atoms with Gasteiger partial charge in [0.05, 0.1) is 0 Å². The SMILES string of the molecule is C=C[CH2-].F[P-](F)(F)(F)(F)F.[H+].[Ni]. The molecule has 76 valence electrons. The standard InChI is InChI=1S/C3H5.F6P.Ni/c1-3-2;1-7(2,3,4,5)6;/h3H,1-2H2;;/q2*-1;/p+1. The van der Waals surface area contributed by atoms with Gasteiger partial charge in [0.2, 0.25) is 0 Å². The first-order valence-corrected chi connectivity index (χ1v) is 3.86. The van der Waals surface area contributed by atoms with Crippen molar-refractivity contribution in [1.82, 2.24) is 0 Å². The van der Waals surface area contributed by atoms with Gasteiger partial charge in [-0.3, -0.25) is 0 Å². The van der Waals surface area contributed by atoms with Crippen LogP contribution in [0.1, 0.15) is 1.43 Å². The average Bonchev–Trinajstić information content (AvgIpc) is 1.20. The predicted octanol–water partition coefficient (Wildman–Crippen LogP) is 4.50. The van der Waals surface area contributed by atoms with E-state index in [2.05, 4.69) is 13.5 Å². The zero-order chi connectivity index (χ0) is 9.12. The van der Waals surface area contributed by atoms with Crippen LogP contribution in [-0.4, -0.2) is 0 Å². The molecule has 0 rings (SSSR count). The molecule has 0 aliphatic carbocycles. The van der Waals surface area contributed by atoms with Crippen LogP contribution in [0.15, 0.2) is 12.7 Å². The zero-order valence-corrected chi connectivity index (χ0v) is 6.90. The Morgan fingerprint density at radius 3 is 1.09 bits per heavy atom. The van der Waals surface area contributed by atoms with Crippen molar-refractivity contribution < 1.29 is 43.1 Å². The summed E-state index contributed by atoms with van der Waals surface area (Å²) in [6, 6.07) is 0. The van der Waals surface area contributed by atoms with Gasteiger partial charge in [-0.2, -0.15) is 0 Å². The molecule has 0 radical (unpaired) electrons. The minimum atomic E-state index is -10.7. The van der Waals surface area contributed by atoms with Crippen LogP contribution in [0, 0.1) is 6.92 Å². The molecule has 0 aromatic carbocycles. The van der Waals surface area contributed by atoms with Crippen LogP contribution in [0.4, 0.5) is 25.2 Å². The molecule has 0 N–H and O–H groups in total. The van der Waals surface area contributed by atoms with Crippen LogP contribution < -0.4 is 0 Å². The van der Waals surface area contributed by atoms with Crippen molar-refractivity contribution in [2.45, 2.75) is 0 Å². The molecule has 0 aromatic rings. The zero-order valence-electron chi connectivity index (χ0n) is 6.02. The molecule has 0 aliphatic rings. The molecule has 0 spiro atoms. The Balaban J connectivity index is -0.0000000569. The van der Waals surface area contributed by atoms with Crippen molar-refractivity contribution in [3.05, 3.63) is 19.6 Å². The average molecular weight is 246 g/mol. The number of rotatable bonds is 0. The van der Waals surface area contributed by atoms with Crippen LogP contribution in [0.5, 0.6) is 0 Å². The third-order valence-electron chi connectivity index (χ3n) is 0. The maximum atomic E-state index is 9.87. The van der Waals surface area contributed by atoms with Crippen LogP contribution in [0.2, 0.25) is 0 Å². The number of allylic oxidation sites excluding steroid dienone is 1. The van der Waals surface area contributed by atoms with E-state index in [0.717, 1.165) is 0 Å². The summed E-state index contributed by atoms with van der Waals surface area (Å²) < 4.78 is 59.2. The Labute approximate surface area is 71.3 Å². The van der Waals surface area contributed by atoms with Gasteiger partial charge in [0.1, 0.15) is 0 Å². The van der Waals surface area contributed by atoms with Crippen molar-refractivity contribution in [1.29, 1.82) is 0 Å². The summed E-state index contributed by atoms with van der Waals surface area (Å²) in [5.74, 6) is 0. The Morgan fingerprint density at radius 2 is 1.09 bits per heavy atom. The molecule has 0 atom stereocenters. The second kappa shape index (κ2) is 3.24. The molecule has 0 bridgehead atoms. The van der Waals surface area contributed by atoms with Crippen LogP contribution in [0.25, 0.3) is 0 Å². The van der Waals surface area contributed by atoms with E-state index in [1.807, 2.05) is 0 Å². The Kier molecular flexibility index (Phi) is 5.08. The first-order chi connectivity index (χ1) is 3.86. The van der Waals surface area contributed by atoms with Crippen LogP contribution in [-0.2, 0) is 16.5 Å². The summed E-state index contributed by atoms with van der Waals surface area (Å²) in [7, 11) is -10.7. The van der Waals surface area contributed by atoms with E-state index >= 15 is 0 Å². The molecular formula is C3H6F6NiP-. The summed E-state index contributed by atoms with van der Waals surface area (Å²) in [6.07, 6.45) is 1.50. The van der Waals surface area contributed by atoms with Gasteiger partial charge >= 0.3 is 34.4 Å². The first-order valence-electron chi connectivity index (χ1n) is 1.83. The molecule has 0 saturated carbocycles. The van der Waals surface area contributed by atoms with Gasteiger partial charge in [0.15, 0.2) is 0 Å². The van der Waals surface area contributed by atoms with E-state index in [9.17, 15) is 25.2 Å². The van der Waals surface area contributed by atoms with Gasteiger partial charge in [-0.15, -0.1) is 0 Å². The van der Waals surface area contributed by atoms with E-state index < -0.39 is 7.81 Å². The summed E-state index contributed by atoms with van der Waals surface area (Å²) in [5, 5.41) is 0. The third-order valence-corrected chi connectivity index (χ3v) is 0. The predicted molar refractivity (Wildman–Crippen MR) is 30.2 cm³/mol. The van der Waals surface area contributed by atoms with Crippen molar-refractivity contribution in [2.75, 3.05) is 0 Å². The third kappa shape index (κ3) is 51700. The largest absolute Gasteiger partial charge is 1.00 e. The van der Waals surface area contributed by atoms with Gasteiger partial charge < -0.3 is 0 Å². The topological polar surface area (TPSA) is 0 Å². The molecule has 0 nitrogen and oxygen atoms in total. The maximum absolute atomic E-state index is 10.7. The van der Waals surface area contributed by atoms with Crippen molar-refractivity contribution >= 4 is 7.81 Å². The second-order valence-corrected chi connectivity index (χ2v) is 3.16. The molecule has 0 fully saturated rings. The molecule has 0 aromatic heterocycles. The van der Waals surface area contributed by atoms with Gasteiger partial charge in [-0.25, -0.2) is 19.6 Å². The molecule has 0 amide bonds. The van der Waals surface area contributed by atoms with Crippen molar-refractivity contribution in [3.8, 4) is 0 Å². The van der Waals surface area contributed by atoms with Gasteiger partial charge in [-0.1, -0.05) is 0 Å². The van der Waals surface area contributed by atoms with Crippen molar-refractivity contribution in [3.63, 3.8) is 0 Å². The minimum absolute atomic E-state index is 0. The minimum Gasteiger partial charge on any atom is 0 e. The quantitative estimate of drug-likeness (QED) is 0.255. The Bertz CT molecular complexity index is 112. The summed E-state index contributed by atoms with van der Waals surface area (Å²) in [4.78, 5) is 0. The fraction of sp³-hybridized carbons (Fsp3) is 0. The number of halogens is 6. The maximum Gasteiger partial charge on any atom is 1.00 e.